The zero-order valence-electron chi connectivity index (χ0n) is 26.3. The molecule has 0 spiro atoms. The van der Waals surface area contributed by atoms with Crippen LogP contribution in [-0.4, -0.2) is 4.98 Å². The molecule has 218 valence electrons. The third-order valence-corrected chi connectivity index (χ3v) is 9.58. The van der Waals surface area contributed by atoms with Gasteiger partial charge in [-0.05, 0) is 119 Å². The summed E-state index contributed by atoms with van der Waals surface area (Å²) in [4.78, 5) is 4.85. The van der Waals surface area contributed by atoms with Crippen molar-refractivity contribution in [1.82, 2.24) is 4.98 Å². The van der Waals surface area contributed by atoms with Gasteiger partial charge in [-0.15, -0.1) is 0 Å². The number of benzene rings is 7. The molecule has 0 amide bonds. The Labute approximate surface area is 268 Å². The Morgan fingerprint density at radius 2 is 1.02 bits per heavy atom. The van der Waals surface area contributed by atoms with Gasteiger partial charge in [-0.3, -0.25) is 0 Å². The van der Waals surface area contributed by atoms with Crippen molar-refractivity contribution in [1.29, 1.82) is 10.5 Å². The number of nitriles is 2. The maximum Gasteiger partial charge on any atom is 0.141 e. The first-order valence-corrected chi connectivity index (χ1v) is 15.9. The van der Waals surface area contributed by atoms with Crippen LogP contribution >= 0.6 is 0 Å². The summed E-state index contributed by atoms with van der Waals surface area (Å²) >= 11 is 0. The summed E-state index contributed by atoms with van der Waals surface area (Å²) in [5.74, 6) is 0.503. The van der Waals surface area contributed by atoms with Gasteiger partial charge in [0.1, 0.15) is 11.8 Å². The minimum absolute atomic E-state index is 0.244. The highest BCUT2D eigenvalue weighted by molar-refractivity contribution is 6.44. The van der Waals surface area contributed by atoms with Crippen LogP contribution in [0.4, 0.5) is 0 Å². The lowest BCUT2D eigenvalue weighted by Gasteiger charge is -2.26. The van der Waals surface area contributed by atoms with Crippen molar-refractivity contribution in [2.75, 3.05) is 0 Å². The van der Waals surface area contributed by atoms with Gasteiger partial charge in [-0.25, -0.2) is 4.98 Å². The van der Waals surface area contributed by atoms with E-state index in [4.69, 9.17) is 4.98 Å². The molecule has 8 rings (SSSR count). The van der Waals surface area contributed by atoms with E-state index in [9.17, 15) is 10.5 Å². The number of fused-ring (bicyclic) bond motifs is 6. The van der Waals surface area contributed by atoms with Gasteiger partial charge in [0.05, 0.1) is 17.3 Å². The van der Waals surface area contributed by atoms with Gasteiger partial charge >= 0.3 is 0 Å². The fourth-order valence-corrected chi connectivity index (χ4v) is 7.63. The van der Waals surface area contributed by atoms with E-state index in [2.05, 4.69) is 107 Å². The van der Waals surface area contributed by atoms with Gasteiger partial charge in [0.2, 0.25) is 0 Å². The summed E-state index contributed by atoms with van der Waals surface area (Å²) in [6.45, 7) is 9.08. The second-order valence-electron chi connectivity index (χ2n) is 12.9. The second kappa shape index (κ2) is 10.4. The van der Waals surface area contributed by atoms with Crippen molar-refractivity contribution in [3.05, 3.63) is 126 Å². The van der Waals surface area contributed by atoms with E-state index in [1.807, 2.05) is 30.3 Å². The summed E-state index contributed by atoms with van der Waals surface area (Å²) in [6.07, 6.45) is 0. The lowest BCUT2D eigenvalue weighted by Crippen LogP contribution is -2.02. The highest BCUT2D eigenvalue weighted by Gasteiger charge is 2.27. The predicted octanol–water partition coefficient (Wildman–Crippen LogP) is 11.6. The molecular weight excluding hydrogens is 558 g/mol. The molecule has 1 aromatic heterocycles. The number of pyridine rings is 1. The van der Waals surface area contributed by atoms with E-state index in [1.165, 1.54) is 65.0 Å². The zero-order valence-corrected chi connectivity index (χ0v) is 26.3. The number of rotatable bonds is 4. The molecule has 3 heteroatoms. The Hall–Kier alpha value is -5.77. The van der Waals surface area contributed by atoms with Gasteiger partial charge in [-0.1, -0.05) is 94.4 Å². The van der Waals surface area contributed by atoms with Crippen LogP contribution in [0.15, 0.2) is 103 Å². The molecule has 0 saturated carbocycles. The highest BCUT2D eigenvalue weighted by Crippen LogP contribution is 2.53. The van der Waals surface area contributed by atoms with E-state index < -0.39 is 0 Å². The van der Waals surface area contributed by atoms with Crippen LogP contribution in [0.5, 0.6) is 0 Å². The number of aromatic nitrogens is 1. The van der Waals surface area contributed by atoms with Crippen molar-refractivity contribution < 1.29 is 0 Å². The Bertz CT molecular complexity index is 2430. The second-order valence-corrected chi connectivity index (χ2v) is 12.9. The minimum Gasteiger partial charge on any atom is -0.237 e. The highest BCUT2D eigenvalue weighted by atomic mass is 14.7. The van der Waals surface area contributed by atoms with Crippen LogP contribution in [0, 0.1) is 22.7 Å². The van der Waals surface area contributed by atoms with Crippen LogP contribution in [0.1, 0.15) is 61.9 Å². The van der Waals surface area contributed by atoms with E-state index >= 15 is 0 Å². The lowest BCUT2D eigenvalue weighted by molar-refractivity contribution is 0.877. The Morgan fingerprint density at radius 3 is 1.57 bits per heavy atom. The molecule has 3 nitrogen and oxygen atoms in total. The van der Waals surface area contributed by atoms with Crippen molar-refractivity contribution in [3.63, 3.8) is 0 Å². The van der Waals surface area contributed by atoms with Crippen LogP contribution in [-0.2, 0) is 0 Å². The molecule has 7 aromatic carbocycles. The minimum atomic E-state index is 0.244. The van der Waals surface area contributed by atoms with Gasteiger partial charge in [0.15, 0.2) is 0 Å². The third-order valence-electron chi connectivity index (χ3n) is 9.58. The quantitative estimate of drug-likeness (QED) is 0.151. The summed E-state index contributed by atoms with van der Waals surface area (Å²) in [6, 6.07) is 40.6. The number of nitrogens with zero attached hydrogens (tertiary/aromatic N) is 3. The molecular formula is C43H31N3. The maximum atomic E-state index is 9.86. The normalized spacial score (nSPS) is 11.8. The summed E-state index contributed by atoms with van der Waals surface area (Å²) in [5.41, 5.74) is 7.66. The van der Waals surface area contributed by atoms with Gasteiger partial charge < -0.3 is 0 Å². The van der Waals surface area contributed by atoms with Crippen LogP contribution < -0.4 is 0 Å². The van der Waals surface area contributed by atoms with E-state index in [1.54, 1.807) is 6.07 Å². The van der Waals surface area contributed by atoms with Crippen molar-refractivity contribution in [2.24, 2.45) is 0 Å². The predicted molar refractivity (Wildman–Crippen MR) is 191 cm³/mol. The standard InChI is InChI=1S/C43H31N3/c1-24(2)33-20-35(27-12-9-11-26(19-27)22-44)40-31-16-7-5-14-29(31)39-34(25(3)4)21-36(37-18-10-13-28(23-45)46-37)41-32-17-8-6-15-30(32)38(33)42(40)43(39)41/h5-21,24-25H,1-4H3. The first-order valence-electron chi connectivity index (χ1n) is 15.9. The zero-order chi connectivity index (χ0) is 31.7. The fraction of sp³-hybridized carbons (Fsp3) is 0.140. The maximum absolute atomic E-state index is 9.86. The molecule has 0 aliphatic rings. The van der Waals surface area contributed by atoms with Crippen LogP contribution in [0.3, 0.4) is 0 Å². The van der Waals surface area contributed by atoms with E-state index in [0.29, 0.717) is 11.3 Å². The Balaban J connectivity index is 1.77. The van der Waals surface area contributed by atoms with Gasteiger partial charge in [0.25, 0.3) is 0 Å². The average Bonchev–Trinajstić information content (AvgIpc) is 3.10. The van der Waals surface area contributed by atoms with Crippen molar-refractivity contribution >= 4 is 53.9 Å². The average molecular weight is 590 g/mol. The molecule has 8 aromatic rings. The molecule has 46 heavy (non-hydrogen) atoms. The first-order chi connectivity index (χ1) is 22.4. The molecule has 0 unspecified atom stereocenters. The Kier molecular flexibility index (Phi) is 6.28. The molecule has 0 N–H and O–H groups in total. The van der Waals surface area contributed by atoms with Crippen molar-refractivity contribution in [3.8, 4) is 34.5 Å². The fourth-order valence-electron chi connectivity index (χ4n) is 7.63. The SMILES string of the molecule is CC(C)c1cc(-c2cccc(C#N)c2)c2c3ccccc3c3c(C(C)C)cc(-c4cccc(C#N)n4)c4c5ccccc5c1c2c43. The molecule has 0 bridgehead atoms. The molecule has 0 fully saturated rings. The molecule has 0 saturated heterocycles. The van der Waals surface area contributed by atoms with Gasteiger partial charge in [-0.2, -0.15) is 10.5 Å². The number of hydrogen-bond acceptors (Lipinski definition) is 3. The van der Waals surface area contributed by atoms with E-state index in [-0.39, 0.29) is 11.8 Å². The smallest absolute Gasteiger partial charge is 0.141 e. The molecule has 0 aliphatic heterocycles. The number of hydrogen-bond donors (Lipinski definition) is 0. The molecule has 1 heterocycles. The first kappa shape index (κ1) is 27.8. The van der Waals surface area contributed by atoms with Gasteiger partial charge in [0, 0.05) is 10.9 Å². The van der Waals surface area contributed by atoms with E-state index in [0.717, 1.165) is 22.4 Å². The largest absolute Gasteiger partial charge is 0.237 e. The molecule has 0 aliphatic carbocycles. The summed E-state index contributed by atoms with van der Waals surface area (Å²) in [7, 11) is 0. The Morgan fingerprint density at radius 1 is 0.500 bits per heavy atom. The monoisotopic (exact) mass is 589 g/mol. The topological polar surface area (TPSA) is 60.5 Å². The molecule has 0 atom stereocenters. The summed E-state index contributed by atoms with van der Waals surface area (Å²) < 4.78 is 0. The third kappa shape index (κ3) is 3.92. The van der Waals surface area contributed by atoms with Crippen molar-refractivity contribution in [2.45, 2.75) is 39.5 Å². The van der Waals surface area contributed by atoms with Crippen LogP contribution in [0.2, 0.25) is 0 Å². The lowest BCUT2D eigenvalue weighted by atomic mass is 9.76. The summed E-state index contributed by atoms with van der Waals surface area (Å²) in [5, 5.41) is 31.9. The molecule has 0 radical (unpaired) electrons. The van der Waals surface area contributed by atoms with Crippen LogP contribution in [0.25, 0.3) is 76.2 Å².